The van der Waals surface area contributed by atoms with Crippen LogP contribution < -0.4 is 5.32 Å². The third-order valence-electron chi connectivity index (χ3n) is 6.72. The molecule has 0 saturated carbocycles. The molecule has 3 aromatic rings. The van der Waals surface area contributed by atoms with Gasteiger partial charge in [-0.05, 0) is 60.7 Å². The predicted octanol–water partition coefficient (Wildman–Crippen LogP) is 4.29. The SMILES string of the molecule is Cn1c(C(=O)N2CCC(C(=O)N[C@@H]3CCCc4ccccc43)CC2)cc2sccc21. The molecule has 156 valence electrons. The molecule has 30 heavy (non-hydrogen) atoms. The van der Waals surface area contributed by atoms with Crippen LogP contribution in [0, 0.1) is 5.92 Å². The lowest BCUT2D eigenvalue weighted by atomic mass is 9.87. The summed E-state index contributed by atoms with van der Waals surface area (Å²) in [5, 5.41) is 5.35. The first-order valence-corrected chi connectivity index (χ1v) is 11.7. The second-order valence-electron chi connectivity index (χ2n) is 8.48. The van der Waals surface area contributed by atoms with Gasteiger partial charge in [-0.2, -0.15) is 0 Å². The van der Waals surface area contributed by atoms with Crippen LogP contribution in [0.25, 0.3) is 10.2 Å². The molecule has 0 bridgehead atoms. The van der Waals surface area contributed by atoms with Gasteiger partial charge in [-0.15, -0.1) is 11.3 Å². The maximum absolute atomic E-state index is 13.0. The topological polar surface area (TPSA) is 54.3 Å². The van der Waals surface area contributed by atoms with Gasteiger partial charge in [0.05, 0.1) is 16.3 Å². The van der Waals surface area contributed by atoms with E-state index >= 15 is 0 Å². The van der Waals surface area contributed by atoms with Gasteiger partial charge in [-0.3, -0.25) is 9.59 Å². The number of aryl methyl sites for hydroxylation is 2. The number of amides is 2. The predicted molar refractivity (Wildman–Crippen MR) is 120 cm³/mol. The summed E-state index contributed by atoms with van der Waals surface area (Å²) in [5.41, 5.74) is 4.47. The highest BCUT2D eigenvalue weighted by molar-refractivity contribution is 7.17. The number of hydrogen-bond donors (Lipinski definition) is 1. The standard InChI is InChI=1S/C24H27N3O2S/c1-26-20-11-14-30-22(20)15-21(26)24(29)27-12-9-17(10-13-27)23(28)25-19-8-4-6-16-5-2-3-7-18(16)19/h2-3,5,7,11,14-15,17,19H,4,6,8-10,12-13H2,1H3,(H,25,28)/t19-/m1/s1. The zero-order valence-corrected chi connectivity index (χ0v) is 18.1. The molecular formula is C24H27N3O2S. The Hall–Kier alpha value is -2.60. The van der Waals surface area contributed by atoms with Crippen molar-refractivity contribution in [2.45, 2.75) is 38.1 Å². The second kappa shape index (κ2) is 7.91. The number of likely N-dealkylation sites (tertiary alicyclic amines) is 1. The van der Waals surface area contributed by atoms with Gasteiger partial charge in [0.1, 0.15) is 5.69 Å². The van der Waals surface area contributed by atoms with Crippen LogP contribution in [-0.2, 0) is 18.3 Å². The summed E-state index contributed by atoms with van der Waals surface area (Å²) < 4.78 is 3.12. The summed E-state index contributed by atoms with van der Waals surface area (Å²) in [4.78, 5) is 27.9. The van der Waals surface area contributed by atoms with E-state index in [2.05, 4.69) is 35.6 Å². The molecule has 6 heteroatoms. The zero-order valence-electron chi connectivity index (χ0n) is 17.3. The molecule has 0 spiro atoms. The Bertz CT molecular complexity index is 1090. The van der Waals surface area contributed by atoms with Gasteiger partial charge in [0, 0.05) is 26.1 Å². The fourth-order valence-electron chi connectivity index (χ4n) is 4.96. The van der Waals surface area contributed by atoms with E-state index in [1.165, 1.54) is 11.1 Å². The quantitative estimate of drug-likeness (QED) is 0.686. The molecule has 1 aliphatic heterocycles. The minimum Gasteiger partial charge on any atom is -0.349 e. The number of rotatable bonds is 3. The first kappa shape index (κ1) is 19.4. The summed E-state index contributed by atoms with van der Waals surface area (Å²) in [6, 6.07) is 12.6. The molecule has 3 heterocycles. The van der Waals surface area contributed by atoms with Crippen molar-refractivity contribution < 1.29 is 9.59 Å². The monoisotopic (exact) mass is 421 g/mol. The van der Waals surface area contributed by atoms with Gasteiger partial charge < -0.3 is 14.8 Å². The Morgan fingerprint density at radius 3 is 2.70 bits per heavy atom. The molecule has 0 radical (unpaired) electrons. The first-order valence-electron chi connectivity index (χ1n) is 10.8. The van der Waals surface area contributed by atoms with Crippen LogP contribution in [0.15, 0.2) is 41.8 Å². The van der Waals surface area contributed by atoms with Crippen LogP contribution in [0.1, 0.15) is 53.3 Å². The maximum atomic E-state index is 13.0. The lowest BCUT2D eigenvalue weighted by Gasteiger charge is -2.33. The molecule has 0 unspecified atom stereocenters. The van der Waals surface area contributed by atoms with Crippen molar-refractivity contribution in [3.8, 4) is 0 Å². The highest BCUT2D eigenvalue weighted by atomic mass is 32.1. The van der Waals surface area contributed by atoms with E-state index in [9.17, 15) is 9.59 Å². The number of carbonyl (C=O) groups is 2. The van der Waals surface area contributed by atoms with E-state index < -0.39 is 0 Å². The van der Waals surface area contributed by atoms with Crippen LogP contribution in [0.3, 0.4) is 0 Å². The Labute approximate surface area is 180 Å². The molecule has 2 amide bonds. The first-order chi connectivity index (χ1) is 14.6. The van der Waals surface area contributed by atoms with Crippen molar-refractivity contribution in [3.63, 3.8) is 0 Å². The third-order valence-corrected chi connectivity index (χ3v) is 7.57. The van der Waals surface area contributed by atoms with Crippen molar-refractivity contribution in [1.82, 2.24) is 14.8 Å². The lowest BCUT2D eigenvalue weighted by molar-refractivity contribution is -0.127. The fourth-order valence-corrected chi connectivity index (χ4v) is 5.80. The number of hydrogen-bond acceptors (Lipinski definition) is 3. The highest BCUT2D eigenvalue weighted by Gasteiger charge is 2.31. The molecule has 5 nitrogen and oxygen atoms in total. The number of fused-ring (bicyclic) bond motifs is 2. The Morgan fingerprint density at radius 1 is 1.10 bits per heavy atom. The molecule has 5 rings (SSSR count). The van der Waals surface area contributed by atoms with E-state index in [-0.39, 0.29) is 23.8 Å². The number of aromatic nitrogens is 1. The summed E-state index contributed by atoms with van der Waals surface area (Å²) >= 11 is 1.66. The number of nitrogens with one attached hydrogen (secondary N) is 1. The lowest BCUT2D eigenvalue weighted by Crippen LogP contribution is -2.44. The molecule has 1 N–H and O–H groups in total. The van der Waals surface area contributed by atoms with Crippen LogP contribution in [0.4, 0.5) is 0 Å². The van der Waals surface area contributed by atoms with E-state index in [1.807, 2.05) is 28.0 Å². The number of piperidine rings is 1. The van der Waals surface area contributed by atoms with Gasteiger partial charge in [0.25, 0.3) is 5.91 Å². The van der Waals surface area contributed by atoms with E-state index in [0.29, 0.717) is 13.1 Å². The smallest absolute Gasteiger partial charge is 0.270 e. The van der Waals surface area contributed by atoms with Crippen molar-refractivity contribution in [1.29, 1.82) is 0 Å². The summed E-state index contributed by atoms with van der Waals surface area (Å²) in [7, 11) is 1.95. The number of benzene rings is 1. The Balaban J connectivity index is 1.21. The van der Waals surface area contributed by atoms with Gasteiger partial charge in [0.2, 0.25) is 5.91 Å². The van der Waals surface area contributed by atoms with Gasteiger partial charge in [-0.25, -0.2) is 0 Å². The van der Waals surface area contributed by atoms with Crippen molar-refractivity contribution in [2.75, 3.05) is 13.1 Å². The van der Waals surface area contributed by atoms with Crippen molar-refractivity contribution in [2.24, 2.45) is 13.0 Å². The molecule has 1 aliphatic carbocycles. The molecule has 2 aromatic heterocycles. The van der Waals surface area contributed by atoms with Gasteiger partial charge >= 0.3 is 0 Å². The molecule has 1 saturated heterocycles. The van der Waals surface area contributed by atoms with Gasteiger partial charge in [-0.1, -0.05) is 24.3 Å². The maximum Gasteiger partial charge on any atom is 0.270 e. The van der Waals surface area contributed by atoms with Crippen molar-refractivity contribution >= 4 is 33.4 Å². The normalized spacial score (nSPS) is 19.6. The average molecular weight is 422 g/mol. The van der Waals surface area contributed by atoms with Crippen LogP contribution >= 0.6 is 11.3 Å². The molecule has 1 atom stereocenters. The second-order valence-corrected chi connectivity index (χ2v) is 9.43. The number of carbonyl (C=O) groups excluding carboxylic acids is 2. The number of thiophene rings is 1. The molecule has 2 aliphatic rings. The average Bonchev–Trinajstić information content (AvgIpc) is 3.36. The minimum absolute atomic E-state index is 0.0138. The minimum atomic E-state index is -0.0138. The van der Waals surface area contributed by atoms with Gasteiger partial charge in [0.15, 0.2) is 0 Å². The van der Waals surface area contributed by atoms with E-state index in [1.54, 1.807) is 11.3 Å². The molecule has 1 fully saturated rings. The Kier molecular flexibility index (Phi) is 5.11. The summed E-state index contributed by atoms with van der Waals surface area (Å²) in [6.07, 6.45) is 4.67. The highest BCUT2D eigenvalue weighted by Crippen LogP contribution is 2.31. The van der Waals surface area contributed by atoms with E-state index in [4.69, 9.17) is 0 Å². The Morgan fingerprint density at radius 2 is 1.90 bits per heavy atom. The molecular weight excluding hydrogens is 394 g/mol. The third kappa shape index (κ3) is 3.43. The summed E-state index contributed by atoms with van der Waals surface area (Å²) in [5.74, 6) is 0.198. The fraction of sp³-hybridized carbons (Fsp3) is 0.417. The summed E-state index contributed by atoms with van der Waals surface area (Å²) in [6.45, 7) is 1.27. The van der Waals surface area contributed by atoms with E-state index in [0.717, 1.165) is 48.0 Å². The van der Waals surface area contributed by atoms with Crippen LogP contribution in [0.2, 0.25) is 0 Å². The van der Waals surface area contributed by atoms with Crippen molar-refractivity contribution in [3.05, 3.63) is 58.6 Å². The number of nitrogens with zero attached hydrogens (tertiary/aromatic N) is 2. The molecule has 1 aromatic carbocycles. The largest absolute Gasteiger partial charge is 0.349 e. The van der Waals surface area contributed by atoms with Crippen LogP contribution in [0.5, 0.6) is 0 Å². The van der Waals surface area contributed by atoms with Crippen LogP contribution in [-0.4, -0.2) is 34.4 Å². The zero-order chi connectivity index (χ0) is 20.7.